The fourth-order valence-corrected chi connectivity index (χ4v) is 11.5. The summed E-state index contributed by atoms with van der Waals surface area (Å²) < 4.78 is 2.59. The van der Waals surface area contributed by atoms with E-state index in [0.29, 0.717) is 17.5 Å². The summed E-state index contributed by atoms with van der Waals surface area (Å²) in [6.45, 7) is 4.84. The van der Waals surface area contributed by atoms with Crippen LogP contribution in [0.1, 0.15) is 47.2 Å². The highest BCUT2D eigenvalue weighted by atomic mass is 32.1. The molecule has 8 aromatic carbocycles. The summed E-state index contributed by atoms with van der Waals surface area (Å²) in [5, 5.41) is 2.48. The topological polar surface area (TPSA) is 38.7 Å². The number of rotatable bonds is 4. The minimum Gasteiger partial charge on any atom is -0.208 e. The van der Waals surface area contributed by atoms with Crippen LogP contribution in [0.15, 0.2) is 188 Å². The Morgan fingerprint density at radius 3 is 1.49 bits per heavy atom. The molecule has 0 N–H and O–H groups in total. The van der Waals surface area contributed by atoms with E-state index in [1.165, 1.54) is 70.2 Å². The van der Waals surface area contributed by atoms with Crippen LogP contribution in [-0.4, -0.2) is 15.0 Å². The Bertz CT molecular complexity index is 3240. The van der Waals surface area contributed by atoms with Gasteiger partial charge in [0.25, 0.3) is 0 Å². The summed E-state index contributed by atoms with van der Waals surface area (Å²) in [6, 6.07) is 68.1. The van der Waals surface area contributed by atoms with Crippen molar-refractivity contribution in [3.63, 3.8) is 0 Å². The number of aromatic nitrogens is 3. The first-order valence-corrected chi connectivity index (χ1v) is 21.1. The molecule has 2 aliphatic rings. The van der Waals surface area contributed by atoms with Crippen LogP contribution in [0.5, 0.6) is 0 Å². The first-order valence-electron chi connectivity index (χ1n) is 20.3. The van der Waals surface area contributed by atoms with E-state index >= 15 is 0 Å². The Labute approximate surface area is 347 Å². The third kappa shape index (κ3) is 4.90. The first kappa shape index (κ1) is 34.1. The average Bonchev–Trinajstić information content (AvgIpc) is 3.82. The van der Waals surface area contributed by atoms with Crippen molar-refractivity contribution in [3.8, 4) is 56.4 Å². The molecular formula is C55H37N3S. The van der Waals surface area contributed by atoms with E-state index in [-0.39, 0.29) is 5.41 Å². The lowest BCUT2D eigenvalue weighted by Crippen LogP contribution is -2.40. The average molecular weight is 772 g/mol. The predicted molar refractivity (Wildman–Crippen MR) is 244 cm³/mol. The standard InChI is InChI=1S/C55H37N3S/c1-54(2)45-23-13-14-24-46(45)55(43-21-11-9-19-39(43)40-20-10-12-22-44(40)55)47-31-30-41-42-33-38(29-32-48(42)59-50(41)49(47)54)53-57-51(36-17-7-4-8-18-36)56-52(58-53)37-27-25-35(26-28-37)34-15-5-3-6-16-34/h3-33H,1-2H3. The molecule has 0 fully saturated rings. The van der Waals surface area contributed by atoms with Gasteiger partial charge in [-0.15, -0.1) is 11.3 Å². The summed E-state index contributed by atoms with van der Waals surface area (Å²) in [6.07, 6.45) is 0. The molecule has 10 aromatic rings. The number of benzene rings is 8. The molecule has 0 bridgehead atoms. The number of hydrogen-bond donors (Lipinski definition) is 0. The quantitative estimate of drug-likeness (QED) is 0.179. The Hall–Kier alpha value is -7.01. The molecule has 12 rings (SSSR count). The van der Waals surface area contributed by atoms with E-state index in [4.69, 9.17) is 15.0 Å². The van der Waals surface area contributed by atoms with Gasteiger partial charge in [0.15, 0.2) is 17.5 Å². The van der Waals surface area contributed by atoms with E-state index in [2.05, 4.69) is 178 Å². The number of fused-ring (bicyclic) bond motifs is 13. The van der Waals surface area contributed by atoms with Crippen LogP contribution in [0.2, 0.25) is 0 Å². The Morgan fingerprint density at radius 2 is 0.847 bits per heavy atom. The van der Waals surface area contributed by atoms with Gasteiger partial charge < -0.3 is 0 Å². The van der Waals surface area contributed by atoms with Crippen molar-refractivity contribution in [3.05, 3.63) is 221 Å². The molecule has 2 aromatic heterocycles. The van der Waals surface area contributed by atoms with E-state index in [1.807, 2.05) is 35.6 Å². The monoisotopic (exact) mass is 771 g/mol. The number of thiophene rings is 1. The van der Waals surface area contributed by atoms with Gasteiger partial charge in [-0.1, -0.05) is 184 Å². The van der Waals surface area contributed by atoms with E-state index in [1.54, 1.807) is 0 Å². The van der Waals surface area contributed by atoms with Gasteiger partial charge in [0.05, 0.1) is 5.41 Å². The molecule has 0 radical (unpaired) electrons. The number of nitrogens with zero attached hydrogens (tertiary/aromatic N) is 3. The first-order chi connectivity index (χ1) is 29.0. The van der Waals surface area contributed by atoms with Crippen molar-refractivity contribution in [2.75, 3.05) is 0 Å². The van der Waals surface area contributed by atoms with Crippen LogP contribution >= 0.6 is 11.3 Å². The second kappa shape index (κ2) is 12.7. The van der Waals surface area contributed by atoms with Crippen LogP contribution < -0.4 is 0 Å². The fourth-order valence-electron chi connectivity index (χ4n) is 10.2. The lowest BCUT2D eigenvalue weighted by atomic mass is 9.55. The lowest BCUT2D eigenvalue weighted by molar-refractivity contribution is 0.569. The van der Waals surface area contributed by atoms with Gasteiger partial charge in [-0.2, -0.15) is 0 Å². The Morgan fingerprint density at radius 1 is 0.373 bits per heavy atom. The molecule has 2 heterocycles. The second-order valence-corrected chi connectivity index (χ2v) is 17.4. The smallest absolute Gasteiger partial charge is 0.164 e. The third-order valence-electron chi connectivity index (χ3n) is 12.8. The summed E-state index contributed by atoms with van der Waals surface area (Å²) in [5.41, 5.74) is 15.5. The van der Waals surface area contributed by atoms with Crippen molar-refractivity contribution in [1.82, 2.24) is 15.0 Å². The van der Waals surface area contributed by atoms with Crippen LogP contribution in [-0.2, 0) is 10.8 Å². The molecule has 59 heavy (non-hydrogen) atoms. The van der Waals surface area contributed by atoms with Gasteiger partial charge in [-0.25, -0.2) is 15.0 Å². The normalized spacial score (nSPS) is 14.2. The van der Waals surface area contributed by atoms with Crippen LogP contribution in [0.25, 0.3) is 76.6 Å². The van der Waals surface area contributed by atoms with Gasteiger partial charge in [-0.3, -0.25) is 0 Å². The Kier molecular flexibility index (Phi) is 7.36. The molecule has 0 saturated heterocycles. The zero-order valence-electron chi connectivity index (χ0n) is 32.6. The predicted octanol–water partition coefficient (Wildman–Crippen LogP) is 13.9. The molecule has 4 heteroatoms. The molecule has 0 unspecified atom stereocenters. The summed E-state index contributed by atoms with van der Waals surface area (Å²) in [4.78, 5) is 15.3. The molecule has 0 saturated carbocycles. The minimum atomic E-state index is -0.418. The summed E-state index contributed by atoms with van der Waals surface area (Å²) in [7, 11) is 0. The maximum Gasteiger partial charge on any atom is 0.164 e. The van der Waals surface area contributed by atoms with Crippen LogP contribution in [0, 0.1) is 0 Å². The van der Waals surface area contributed by atoms with Crippen LogP contribution in [0.3, 0.4) is 0 Å². The van der Waals surface area contributed by atoms with Crippen molar-refractivity contribution in [1.29, 1.82) is 0 Å². The van der Waals surface area contributed by atoms with Gasteiger partial charge in [0, 0.05) is 42.3 Å². The molecule has 278 valence electrons. The van der Waals surface area contributed by atoms with E-state index in [0.717, 1.165) is 22.3 Å². The van der Waals surface area contributed by atoms with Crippen molar-refractivity contribution >= 4 is 31.5 Å². The summed E-state index contributed by atoms with van der Waals surface area (Å²) >= 11 is 1.91. The zero-order chi connectivity index (χ0) is 39.3. The highest BCUT2D eigenvalue weighted by Crippen LogP contribution is 2.63. The maximum absolute atomic E-state index is 5.16. The molecule has 3 nitrogen and oxygen atoms in total. The molecule has 0 atom stereocenters. The highest BCUT2D eigenvalue weighted by Gasteiger charge is 2.53. The van der Waals surface area contributed by atoms with E-state index in [9.17, 15) is 0 Å². The largest absolute Gasteiger partial charge is 0.208 e. The molecule has 0 amide bonds. The number of hydrogen-bond acceptors (Lipinski definition) is 4. The molecule has 2 aliphatic carbocycles. The minimum absolute atomic E-state index is 0.239. The second-order valence-electron chi connectivity index (χ2n) is 16.3. The highest BCUT2D eigenvalue weighted by molar-refractivity contribution is 7.26. The lowest BCUT2D eigenvalue weighted by Gasteiger charge is -2.46. The SMILES string of the molecule is CC1(C)c2ccccc2C2(c3ccccc3-c3ccccc32)c2ccc3c(sc4ccc(-c5nc(-c6ccccc6)nc(-c6ccc(-c7ccccc7)cc6)n5)cc43)c21. The third-order valence-corrected chi connectivity index (χ3v) is 14.0. The summed E-state index contributed by atoms with van der Waals surface area (Å²) in [5.74, 6) is 1.97. The Balaban J connectivity index is 1.06. The van der Waals surface area contributed by atoms with Crippen molar-refractivity contribution in [2.45, 2.75) is 24.7 Å². The molecule has 1 spiro atoms. The van der Waals surface area contributed by atoms with Crippen molar-refractivity contribution in [2.24, 2.45) is 0 Å². The molecular weight excluding hydrogens is 735 g/mol. The van der Waals surface area contributed by atoms with Crippen LogP contribution in [0.4, 0.5) is 0 Å². The van der Waals surface area contributed by atoms with E-state index < -0.39 is 5.41 Å². The van der Waals surface area contributed by atoms with Gasteiger partial charge in [-0.05, 0) is 73.8 Å². The molecule has 0 aliphatic heterocycles. The zero-order valence-corrected chi connectivity index (χ0v) is 33.5. The maximum atomic E-state index is 5.16. The fraction of sp³-hybridized carbons (Fsp3) is 0.0727. The van der Waals surface area contributed by atoms with Gasteiger partial charge in [0.2, 0.25) is 0 Å². The van der Waals surface area contributed by atoms with Gasteiger partial charge >= 0.3 is 0 Å². The van der Waals surface area contributed by atoms with Gasteiger partial charge in [0.1, 0.15) is 0 Å². The van der Waals surface area contributed by atoms with Crippen molar-refractivity contribution < 1.29 is 0 Å².